The van der Waals surface area contributed by atoms with E-state index in [9.17, 15) is 4.79 Å². The van der Waals surface area contributed by atoms with Crippen molar-refractivity contribution < 1.29 is 4.79 Å². The molecule has 8 heteroatoms. The number of halogens is 3. The summed E-state index contributed by atoms with van der Waals surface area (Å²) in [6.45, 7) is 7.27. The molecule has 0 aliphatic carbocycles. The Balaban J connectivity index is 0.00000261. The van der Waals surface area contributed by atoms with Crippen molar-refractivity contribution in [2.24, 2.45) is 5.73 Å². The first-order chi connectivity index (χ1) is 12.5. The van der Waals surface area contributed by atoms with Crippen LogP contribution in [0.1, 0.15) is 22.7 Å². The van der Waals surface area contributed by atoms with Gasteiger partial charge in [-0.15, -0.1) is 37.2 Å². The average Bonchev–Trinajstić information content (AvgIpc) is 2.64. The summed E-state index contributed by atoms with van der Waals surface area (Å²) in [5, 5.41) is 2.95. The summed E-state index contributed by atoms with van der Waals surface area (Å²) in [4.78, 5) is 17.3. The number of hydrogen-bond acceptors (Lipinski definition) is 4. The molecule has 1 fully saturated rings. The van der Waals surface area contributed by atoms with Gasteiger partial charge in [0.25, 0.3) is 0 Å². The van der Waals surface area contributed by atoms with Gasteiger partial charge in [0.2, 0.25) is 5.91 Å². The van der Waals surface area contributed by atoms with Crippen LogP contribution in [0.25, 0.3) is 0 Å². The van der Waals surface area contributed by atoms with Crippen LogP contribution in [0.15, 0.2) is 48.5 Å². The van der Waals surface area contributed by atoms with Gasteiger partial charge < -0.3 is 16.0 Å². The van der Waals surface area contributed by atoms with Gasteiger partial charge in [-0.05, 0) is 37.2 Å². The molecular formula is C21H31Cl3N4O. The highest BCUT2D eigenvalue weighted by molar-refractivity contribution is 5.95. The first-order valence-corrected chi connectivity index (χ1v) is 9.14. The molecule has 162 valence electrons. The largest absolute Gasteiger partial charge is 0.324 e. The molecule has 0 bridgehead atoms. The van der Waals surface area contributed by atoms with E-state index in [0.717, 1.165) is 49.5 Å². The Morgan fingerprint density at radius 3 is 2.28 bits per heavy atom. The van der Waals surface area contributed by atoms with Gasteiger partial charge in [0.05, 0.1) is 0 Å². The van der Waals surface area contributed by atoms with Crippen LogP contribution in [0.3, 0.4) is 0 Å². The Bertz CT molecular complexity index is 750. The molecule has 0 saturated carbocycles. The maximum atomic E-state index is 12.5. The molecule has 5 nitrogen and oxygen atoms in total. The number of amides is 1. The maximum absolute atomic E-state index is 12.5. The fourth-order valence-corrected chi connectivity index (χ4v) is 3.16. The molecule has 1 saturated heterocycles. The minimum absolute atomic E-state index is 0. The highest BCUT2D eigenvalue weighted by atomic mass is 35.5. The predicted molar refractivity (Wildman–Crippen MR) is 128 cm³/mol. The van der Waals surface area contributed by atoms with E-state index >= 15 is 0 Å². The molecule has 3 rings (SSSR count). The highest BCUT2D eigenvalue weighted by Gasteiger charge is 2.17. The molecule has 2 aromatic rings. The quantitative estimate of drug-likeness (QED) is 0.713. The van der Waals surface area contributed by atoms with Crippen LogP contribution in [0, 0.1) is 6.92 Å². The van der Waals surface area contributed by atoms with Crippen molar-refractivity contribution in [2.45, 2.75) is 19.5 Å². The summed E-state index contributed by atoms with van der Waals surface area (Å²) < 4.78 is 0. The van der Waals surface area contributed by atoms with Crippen LogP contribution in [-0.4, -0.2) is 48.9 Å². The SMILES string of the molecule is Cc1ccc(C(N)C(=O)Nc2cccc(CN3CCN(C)CC3)c2)cc1.Cl.Cl.Cl. The number of rotatable bonds is 5. The molecule has 29 heavy (non-hydrogen) atoms. The second kappa shape index (κ2) is 13.1. The topological polar surface area (TPSA) is 61.6 Å². The molecule has 3 N–H and O–H groups in total. The minimum Gasteiger partial charge on any atom is -0.324 e. The van der Waals surface area contributed by atoms with E-state index in [1.807, 2.05) is 49.4 Å². The third-order valence-corrected chi connectivity index (χ3v) is 4.92. The molecule has 1 aliphatic heterocycles. The second-order valence-electron chi connectivity index (χ2n) is 7.16. The fourth-order valence-electron chi connectivity index (χ4n) is 3.16. The zero-order valence-electron chi connectivity index (χ0n) is 16.8. The van der Waals surface area contributed by atoms with E-state index < -0.39 is 6.04 Å². The highest BCUT2D eigenvalue weighted by Crippen LogP contribution is 2.17. The molecule has 1 unspecified atom stereocenters. The Labute approximate surface area is 192 Å². The average molecular weight is 462 g/mol. The lowest BCUT2D eigenvalue weighted by atomic mass is 10.1. The van der Waals surface area contributed by atoms with Gasteiger partial charge >= 0.3 is 0 Å². The molecule has 1 amide bonds. The number of nitrogens with two attached hydrogens (primary N) is 1. The van der Waals surface area contributed by atoms with Crippen molar-refractivity contribution in [3.63, 3.8) is 0 Å². The number of anilines is 1. The van der Waals surface area contributed by atoms with Crippen molar-refractivity contribution >= 4 is 48.8 Å². The van der Waals surface area contributed by atoms with Crippen molar-refractivity contribution in [1.82, 2.24) is 9.80 Å². The molecule has 0 aromatic heterocycles. The Hall–Kier alpha value is -1.34. The Kier molecular flexibility index (Phi) is 12.5. The van der Waals surface area contributed by atoms with E-state index in [1.165, 1.54) is 5.56 Å². The van der Waals surface area contributed by atoms with Crippen LogP contribution in [-0.2, 0) is 11.3 Å². The van der Waals surface area contributed by atoms with E-state index in [2.05, 4.69) is 28.2 Å². The summed E-state index contributed by atoms with van der Waals surface area (Å²) in [7, 11) is 2.16. The summed E-state index contributed by atoms with van der Waals surface area (Å²) in [5.41, 5.74) is 10.1. The number of likely N-dealkylation sites (N-methyl/N-ethyl adjacent to an activating group) is 1. The number of aryl methyl sites for hydroxylation is 1. The van der Waals surface area contributed by atoms with Crippen molar-refractivity contribution in [3.05, 3.63) is 65.2 Å². The van der Waals surface area contributed by atoms with Gasteiger partial charge in [0.15, 0.2) is 0 Å². The molecule has 1 aliphatic rings. The van der Waals surface area contributed by atoms with E-state index in [0.29, 0.717) is 0 Å². The second-order valence-corrected chi connectivity index (χ2v) is 7.16. The van der Waals surface area contributed by atoms with E-state index in [4.69, 9.17) is 5.73 Å². The summed E-state index contributed by atoms with van der Waals surface area (Å²) in [5.74, 6) is -0.189. The lowest BCUT2D eigenvalue weighted by Crippen LogP contribution is -2.43. The fraction of sp³-hybridized carbons (Fsp3) is 0.381. The molecule has 0 spiro atoms. The number of nitrogens with one attached hydrogen (secondary N) is 1. The van der Waals surface area contributed by atoms with Gasteiger partial charge in [-0.2, -0.15) is 0 Å². The van der Waals surface area contributed by atoms with Gasteiger partial charge in [0, 0.05) is 38.4 Å². The van der Waals surface area contributed by atoms with E-state index in [-0.39, 0.29) is 43.1 Å². The molecule has 1 atom stereocenters. The monoisotopic (exact) mass is 460 g/mol. The smallest absolute Gasteiger partial charge is 0.245 e. The third-order valence-electron chi connectivity index (χ3n) is 4.92. The van der Waals surface area contributed by atoms with Crippen LogP contribution in [0.2, 0.25) is 0 Å². The maximum Gasteiger partial charge on any atom is 0.245 e. The van der Waals surface area contributed by atoms with Crippen molar-refractivity contribution in [2.75, 3.05) is 38.5 Å². The zero-order chi connectivity index (χ0) is 18.5. The van der Waals surface area contributed by atoms with Crippen molar-refractivity contribution in [3.8, 4) is 0 Å². The van der Waals surface area contributed by atoms with Gasteiger partial charge in [-0.3, -0.25) is 9.69 Å². The number of hydrogen-bond donors (Lipinski definition) is 2. The Morgan fingerprint density at radius 2 is 1.66 bits per heavy atom. The molecule has 0 radical (unpaired) electrons. The first kappa shape index (κ1) is 27.7. The predicted octanol–water partition coefficient (Wildman–Crippen LogP) is 3.65. The summed E-state index contributed by atoms with van der Waals surface area (Å²) in [6.07, 6.45) is 0. The molecule has 1 heterocycles. The summed E-state index contributed by atoms with van der Waals surface area (Å²) in [6, 6.07) is 15.1. The Morgan fingerprint density at radius 1 is 1.03 bits per heavy atom. The van der Waals surface area contributed by atoms with Crippen LogP contribution >= 0.6 is 37.2 Å². The van der Waals surface area contributed by atoms with Gasteiger partial charge in [-0.1, -0.05) is 42.0 Å². The minimum atomic E-state index is -0.670. The molecule has 2 aromatic carbocycles. The lowest BCUT2D eigenvalue weighted by Gasteiger charge is -2.32. The molecular weight excluding hydrogens is 431 g/mol. The standard InChI is InChI=1S/C21H28N4O.3ClH/c1-16-6-8-18(9-7-16)20(22)21(26)23-19-5-3-4-17(14-19)15-25-12-10-24(2)11-13-25;;;/h3-9,14,20H,10-13,15,22H2,1-2H3,(H,23,26);3*1H. The first-order valence-electron chi connectivity index (χ1n) is 9.14. The van der Waals surface area contributed by atoms with Crippen molar-refractivity contribution in [1.29, 1.82) is 0 Å². The van der Waals surface area contributed by atoms with Gasteiger partial charge in [-0.25, -0.2) is 0 Å². The summed E-state index contributed by atoms with van der Waals surface area (Å²) >= 11 is 0. The third kappa shape index (κ3) is 8.13. The van der Waals surface area contributed by atoms with Gasteiger partial charge in [0.1, 0.15) is 6.04 Å². The zero-order valence-corrected chi connectivity index (χ0v) is 19.3. The lowest BCUT2D eigenvalue weighted by molar-refractivity contribution is -0.117. The number of carbonyl (C=O) groups is 1. The van der Waals surface area contributed by atoms with Crippen LogP contribution in [0.4, 0.5) is 5.69 Å². The number of piperazine rings is 1. The number of benzene rings is 2. The number of carbonyl (C=O) groups excluding carboxylic acids is 1. The van der Waals surface area contributed by atoms with Crippen LogP contribution in [0.5, 0.6) is 0 Å². The van der Waals surface area contributed by atoms with Crippen LogP contribution < -0.4 is 11.1 Å². The number of nitrogens with zero attached hydrogens (tertiary/aromatic N) is 2. The normalized spacial score (nSPS) is 15.3. The van der Waals surface area contributed by atoms with E-state index in [1.54, 1.807) is 0 Å².